The van der Waals surface area contributed by atoms with Crippen LogP contribution in [0.3, 0.4) is 0 Å². The molecule has 0 aromatic heterocycles. The second kappa shape index (κ2) is 16.7. The summed E-state index contributed by atoms with van der Waals surface area (Å²) in [5.41, 5.74) is 3.95. The zero-order valence-electron chi connectivity index (χ0n) is 25.4. The Balaban J connectivity index is 0.000000177. The van der Waals surface area contributed by atoms with Crippen LogP contribution in [0.5, 0.6) is 0 Å². The first-order valence-electron chi connectivity index (χ1n) is 14.7. The van der Waals surface area contributed by atoms with E-state index in [0.29, 0.717) is 0 Å². The van der Waals surface area contributed by atoms with Gasteiger partial charge in [-0.2, -0.15) is 12.1 Å². The number of aryl methyl sites for hydroxylation is 1. The molecule has 0 saturated heterocycles. The minimum Gasteiger partial charge on any atom is -0.165 e. The van der Waals surface area contributed by atoms with Gasteiger partial charge in [0.1, 0.15) is 0 Å². The standard InChI is InChI=1S/C21H16P.C16H13.C5H8.Ti/c1-3-11-19(12-4-1)22(20-13-5-2-6-14-20)21-15-17-9-7-8-10-18(17)16-21;1-12-10-14-8-5-9-15(16(14)11-12)13-6-3-2-4-7-13;1-3-5-4-2;/h1-16H;2-11H,1H3;3-5H,1H2,2H3;/q2*-1;;+2. The van der Waals surface area contributed by atoms with Gasteiger partial charge >= 0.3 is 21.7 Å². The summed E-state index contributed by atoms with van der Waals surface area (Å²) in [6.07, 6.45) is 5.58. The largest absolute Gasteiger partial charge is 2.00 e. The van der Waals surface area contributed by atoms with Crippen molar-refractivity contribution < 1.29 is 21.7 Å². The third-order valence-corrected chi connectivity index (χ3v) is 9.60. The molecule has 0 amide bonds. The van der Waals surface area contributed by atoms with Crippen LogP contribution in [-0.4, -0.2) is 0 Å². The summed E-state index contributed by atoms with van der Waals surface area (Å²) < 4.78 is 0. The second-order valence-electron chi connectivity index (χ2n) is 10.3. The molecule has 7 rings (SSSR count). The average molecular weight is 621 g/mol. The average Bonchev–Trinajstić information content (AvgIpc) is 3.66. The number of hydrogen-bond donors (Lipinski definition) is 0. The van der Waals surface area contributed by atoms with Crippen molar-refractivity contribution in [3.05, 3.63) is 188 Å². The molecule has 0 N–H and O–H groups in total. The molecule has 0 aliphatic rings. The number of fused-ring (bicyclic) bond motifs is 2. The molecule has 0 radical (unpaired) electrons. The van der Waals surface area contributed by atoms with Gasteiger partial charge in [-0.15, -0.1) is 74.9 Å². The molecule has 0 saturated carbocycles. The molecule has 0 bridgehead atoms. The summed E-state index contributed by atoms with van der Waals surface area (Å²) in [6.45, 7) is 7.57. The molecular weight excluding hydrogens is 583 g/mol. The van der Waals surface area contributed by atoms with E-state index in [1.54, 1.807) is 6.08 Å². The first-order chi connectivity index (χ1) is 21.2. The summed E-state index contributed by atoms with van der Waals surface area (Å²) in [4.78, 5) is 0. The van der Waals surface area contributed by atoms with Crippen LogP contribution in [0.2, 0.25) is 0 Å². The second-order valence-corrected chi connectivity index (χ2v) is 12.5. The van der Waals surface area contributed by atoms with Gasteiger partial charge in [0.15, 0.2) is 0 Å². The first kappa shape index (κ1) is 32.8. The van der Waals surface area contributed by atoms with E-state index in [1.165, 1.54) is 54.1 Å². The van der Waals surface area contributed by atoms with E-state index in [4.69, 9.17) is 0 Å². The Kier molecular flexibility index (Phi) is 12.5. The molecule has 44 heavy (non-hydrogen) atoms. The monoisotopic (exact) mass is 620 g/mol. The van der Waals surface area contributed by atoms with Crippen molar-refractivity contribution >= 4 is 45.4 Å². The minimum atomic E-state index is -0.493. The van der Waals surface area contributed by atoms with Crippen LogP contribution < -0.4 is 15.9 Å². The molecule has 0 spiro atoms. The predicted molar refractivity (Wildman–Crippen MR) is 193 cm³/mol. The zero-order chi connectivity index (χ0) is 29.9. The molecule has 2 heteroatoms. The quantitative estimate of drug-likeness (QED) is 0.0778. The summed E-state index contributed by atoms with van der Waals surface area (Å²) in [6, 6.07) is 56.6. The molecule has 0 fully saturated rings. The fraction of sp³-hybridized carbons (Fsp3) is 0.0476. The van der Waals surface area contributed by atoms with Crippen LogP contribution in [0.1, 0.15) is 12.5 Å². The normalized spacial score (nSPS) is 10.5. The molecular formula is C42H37PTi. The van der Waals surface area contributed by atoms with Crippen molar-refractivity contribution in [1.82, 2.24) is 0 Å². The van der Waals surface area contributed by atoms with E-state index >= 15 is 0 Å². The van der Waals surface area contributed by atoms with Crippen molar-refractivity contribution in [2.45, 2.75) is 13.8 Å². The maximum atomic E-state index is 3.46. The van der Waals surface area contributed by atoms with Gasteiger partial charge in [-0.1, -0.05) is 140 Å². The van der Waals surface area contributed by atoms with Crippen LogP contribution in [0.4, 0.5) is 0 Å². The fourth-order valence-electron chi connectivity index (χ4n) is 5.25. The van der Waals surface area contributed by atoms with E-state index in [2.05, 4.69) is 171 Å². The Morgan fingerprint density at radius 1 is 0.614 bits per heavy atom. The smallest absolute Gasteiger partial charge is 0.165 e. The Morgan fingerprint density at radius 3 is 1.75 bits per heavy atom. The van der Waals surface area contributed by atoms with Crippen LogP contribution >= 0.6 is 7.92 Å². The van der Waals surface area contributed by atoms with E-state index in [0.717, 1.165) is 0 Å². The summed E-state index contributed by atoms with van der Waals surface area (Å²) in [7, 11) is -0.493. The summed E-state index contributed by atoms with van der Waals surface area (Å²) in [5.74, 6) is 0. The van der Waals surface area contributed by atoms with Gasteiger partial charge in [0.2, 0.25) is 0 Å². The molecule has 0 heterocycles. The molecule has 214 valence electrons. The van der Waals surface area contributed by atoms with Crippen LogP contribution in [0, 0.1) is 6.92 Å². The molecule has 0 nitrogen and oxygen atoms in total. The summed E-state index contributed by atoms with van der Waals surface area (Å²) in [5, 5.41) is 9.57. The molecule has 7 aromatic rings. The van der Waals surface area contributed by atoms with Gasteiger partial charge in [0.25, 0.3) is 0 Å². The van der Waals surface area contributed by atoms with E-state index < -0.39 is 7.92 Å². The van der Waals surface area contributed by atoms with Crippen molar-refractivity contribution in [2.75, 3.05) is 0 Å². The maximum Gasteiger partial charge on any atom is 2.00 e. The van der Waals surface area contributed by atoms with Crippen LogP contribution in [-0.2, 0) is 21.7 Å². The Labute approximate surface area is 278 Å². The molecule has 0 aliphatic carbocycles. The van der Waals surface area contributed by atoms with Gasteiger partial charge in [-0.25, -0.2) is 0 Å². The van der Waals surface area contributed by atoms with Crippen LogP contribution in [0.15, 0.2) is 183 Å². The summed E-state index contributed by atoms with van der Waals surface area (Å²) >= 11 is 0. The predicted octanol–water partition coefficient (Wildman–Crippen LogP) is 10.6. The third-order valence-electron chi connectivity index (χ3n) is 7.20. The van der Waals surface area contributed by atoms with E-state index in [-0.39, 0.29) is 21.7 Å². The first-order valence-corrected chi connectivity index (χ1v) is 16.0. The van der Waals surface area contributed by atoms with Gasteiger partial charge in [-0.05, 0) is 31.0 Å². The van der Waals surface area contributed by atoms with Crippen molar-refractivity contribution in [3.8, 4) is 11.1 Å². The zero-order valence-corrected chi connectivity index (χ0v) is 27.9. The van der Waals surface area contributed by atoms with Crippen molar-refractivity contribution in [1.29, 1.82) is 0 Å². The SMILES string of the molecule is C=CC=CC.Cc1cc2c(-c3ccccc3)cccc2[cH-]1.[Ti+2].c1ccc(P(c2ccccc2)c2cc3ccccc3[cH-]2)cc1. The Bertz CT molecular complexity index is 1820. The molecule has 7 aromatic carbocycles. The van der Waals surface area contributed by atoms with E-state index in [9.17, 15) is 0 Å². The molecule has 0 unspecified atom stereocenters. The number of hydrogen-bond acceptors (Lipinski definition) is 0. The molecule has 0 atom stereocenters. The third kappa shape index (κ3) is 8.31. The van der Waals surface area contributed by atoms with E-state index in [1.807, 2.05) is 19.1 Å². The topological polar surface area (TPSA) is 0 Å². The van der Waals surface area contributed by atoms with Gasteiger partial charge < -0.3 is 0 Å². The van der Waals surface area contributed by atoms with Gasteiger partial charge in [0, 0.05) is 0 Å². The number of allylic oxidation sites excluding steroid dienone is 3. The maximum absolute atomic E-state index is 3.46. The van der Waals surface area contributed by atoms with Crippen molar-refractivity contribution in [2.24, 2.45) is 0 Å². The van der Waals surface area contributed by atoms with Gasteiger partial charge in [0.05, 0.1) is 0 Å². The fourth-order valence-corrected chi connectivity index (χ4v) is 7.63. The van der Waals surface area contributed by atoms with Gasteiger partial charge in [-0.3, -0.25) is 0 Å². The number of rotatable bonds is 5. The molecule has 0 aliphatic heterocycles. The Hall–Kier alpha value is -4.06. The Morgan fingerprint density at radius 2 is 1.18 bits per heavy atom. The van der Waals surface area contributed by atoms with Crippen LogP contribution in [0.25, 0.3) is 32.7 Å². The van der Waals surface area contributed by atoms with Crippen molar-refractivity contribution in [3.63, 3.8) is 0 Å². The minimum absolute atomic E-state index is 0. The number of benzene rings is 5.